The molecule has 0 fully saturated rings. The third-order valence-corrected chi connectivity index (χ3v) is 3.84. The van der Waals surface area contributed by atoms with Crippen molar-refractivity contribution in [3.8, 4) is 5.75 Å². The van der Waals surface area contributed by atoms with Crippen molar-refractivity contribution in [2.24, 2.45) is 0 Å². The summed E-state index contributed by atoms with van der Waals surface area (Å²) in [6.07, 6.45) is -0.799. The van der Waals surface area contributed by atoms with Gasteiger partial charge in [0, 0.05) is 10.9 Å². The van der Waals surface area contributed by atoms with Crippen LogP contribution in [0.2, 0.25) is 0 Å². The predicted octanol–water partition coefficient (Wildman–Crippen LogP) is 4.14. The van der Waals surface area contributed by atoms with Gasteiger partial charge in [-0.05, 0) is 57.2 Å². The Kier molecular flexibility index (Phi) is 6.90. The smallest absolute Gasteiger partial charge is 0.408 e. The average molecular weight is 440 g/mol. The molecule has 0 aliphatic rings. The topological polar surface area (TPSA) is 98.0 Å². The number of halogens is 1. The van der Waals surface area contributed by atoms with Gasteiger partial charge in [0.2, 0.25) is 0 Å². The lowest BCUT2D eigenvalue weighted by Gasteiger charge is -2.21. The Labute approximate surface area is 165 Å². The van der Waals surface area contributed by atoms with Gasteiger partial charge in [-0.25, -0.2) is 9.59 Å². The summed E-state index contributed by atoms with van der Waals surface area (Å²) in [6, 6.07) is 9.57. The number of amides is 1. The maximum Gasteiger partial charge on any atom is 0.408 e. The zero-order valence-electron chi connectivity index (χ0n) is 15.3. The molecule has 1 heterocycles. The highest BCUT2D eigenvalue weighted by Crippen LogP contribution is 2.18. The van der Waals surface area contributed by atoms with Crippen LogP contribution in [0.3, 0.4) is 0 Å². The van der Waals surface area contributed by atoms with E-state index >= 15 is 0 Å². The van der Waals surface area contributed by atoms with E-state index in [2.05, 4.69) is 21.2 Å². The Morgan fingerprint density at radius 3 is 2.37 bits per heavy atom. The fourth-order valence-electron chi connectivity index (χ4n) is 2.15. The van der Waals surface area contributed by atoms with E-state index < -0.39 is 23.7 Å². The number of aliphatic carboxylic acids is 1. The number of nitrogens with one attached hydrogen (secondary N) is 1. The summed E-state index contributed by atoms with van der Waals surface area (Å²) in [7, 11) is 0. The number of hydrogen-bond acceptors (Lipinski definition) is 5. The van der Waals surface area contributed by atoms with Crippen molar-refractivity contribution in [1.29, 1.82) is 0 Å². The molecule has 2 N–H and O–H groups in total. The Morgan fingerprint density at radius 1 is 1.15 bits per heavy atom. The zero-order valence-corrected chi connectivity index (χ0v) is 16.9. The Bertz CT molecular complexity index is 778. The largest absolute Gasteiger partial charge is 0.486 e. The lowest BCUT2D eigenvalue weighted by Crippen LogP contribution is -2.44. The van der Waals surface area contributed by atoms with Gasteiger partial charge in [-0.2, -0.15) is 0 Å². The van der Waals surface area contributed by atoms with Crippen molar-refractivity contribution in [3.63, 3.8) is 0 Å². The normalized spacial score (nSPS) is 12.3. The molecule has 0 aliphatic heterocycles. The number of carboxylic acids is 1. The second kappa shape index (κ2) is 8.94. The highest BCUT2D eigenvalue weighted by Gasteiger charge is 2.25. The SMILES string of the molecule is CC(C)(C)OC(=O)NC(Cc1ccc(COc2ccc(Br)cc2)o1)C(=O)O. The molecule has 0 aliphatic carbocycles. The van der Waals surface area contributed by atoms with Gasteiger partial charge in [0.25, 0.3) is 0 Å². The van der Waals surface area contributed by atoms with Crippen molar-refractivity contribution in [2.75, 3.05) is 0 Å². The minimum atomic E-state index is -1.18. The number of ether oxygens (including phenoxy) is 2. The lowest BCUT2D eigenvalue weighted by atomic mass is 10.1. The second-order valence-corrected chi connectivity index (χ2v) is 7.77. The maximum absolute atomic E-state index is 11.8. The van der Waals surface area contributed by atoms with Crippen LogP contribution in [0.4, 0.5) is 4.79 Å². The van der Waals surface area contributed by atoms with Crippen molar-refractivity contribution < 1.29 is 28.6 Å². The van der Waals surface area contributed by atoms with Crippen LogP contribution in [-0.2, 0) is 22.6 Å². The molecule has 2 aromatic rings. The van der Waals surface area contributed by atoms with E-state index in [-0.39, 0.29) is 13.0 Å². The summed E-state index contributed by atoms with van der Waals surface area (Å²) in [4.78, 5) is 23.2. The molecule has 1 aromatic carbocycles. The first kappa shape index (κ1) is 20.8. The monoisotopic (exact) mass is 439 g/mol. The summed E-state index contributed by atoms with van der Waals surface area (Å²) in [5.74, 6) is 0.485. The van der Waals surface area contributed by atoms with Crippen molar-refractivity contribution in [2.45, 2.75) is 45.4 Å². The summed E-state index contributed by atoms with van der Waals surface area (Å²) in [6.45, 7) is 5.31. The first-order valence-corrected chi connectivity index (χ1v) is 9.10. The van der Waals surface area contributed by atoms with Crippen LogP contribution in [-0.4, -0.2) is 28.8 Å². The third kappa shape index (κ3) is 7.34. The molecule has 27 heavy (non-hydrogen) atoms. The van der Waals surface area contributed by atoms with Crippen molar-refractivity contribution >= 4 is 28.0 Å². The fourth-order valence-corrected chi connectivity index (χ4v) is 2.41. The molecule has 0 saturated carbocycles. The summed E-state index contributed by atoms with van der Waals surface area (Å²) < 4.78 is 17.3. The van der Waals surface area contributed by atoms with E-state index in [1.807, 2.05) is 24.3 Å². The Hall–Kier alpha value is -2.48. The molecule has 7 nitrogen and oxygen atoms in total. The number of rotatable bonds is 7. The maximum atomic E-state index is 11.8. The molecule has 0 spiro atoms. The number of alkyl carbamates (subject to hydrolysis) is 1. The first-order chi connectivity index (χ1) is 12.6. The van der Waals surface area contributed by atoms with Gasteiger partial charge >= 0.3 is 12.1 Å². The van der Waals surface area contributed by atoms with E-state index in [0.29, 0.717) is 17.3 Å². The molecule has 1 aromatic heterocycles. The highest BCUT2D eigenvalue weighted by atomic mass is 79.9. The quantitative estimate of drug-likeness (QED) is 0.672. The van der Waals surface area contributed by atoms with Gasteiger partial charge in [-0.15, -0.1) is 0 Å². The summed E-state index contributed by atoms with van der Waals surface area (Å²) >= 11 is 3.35. The number of furan rings is 1. The molecule has 0 radical (unpaired) electrons. The Morgan fingerprint density at radius 2 is 1.78 bits per heavy atom. The van der Waals surface area contributed by atoms with E-state index in [9.17, 15) is 14.7 Å². The summed E-state index contributed by atoms with van der Waals surface area (Å²) in [5.41, 5.74) is -0.713. The van der Waals surface area contributed by atoms with Gasteiger partial charge in [-0.1, -0.05) is 15.9 Å². The summed E-state index contributed by atoms with van der Waals surface area (Å²) in [5, 5.41) is 11.7. The number of hydrogen-bond donors (Lipinski definition) is 2. The Balaban J connectivity index is 1.92. The van der Waals surface area contributed by atoms with Crippen LogP contribution < -0.4 is 10.1 Å². The number of benzene rings is 1. The highest BCUT2D eigenvalue weighted by molar-refractivity contribution is 9.10. The van der Waals surface area contributed by atoms with Crippen molar-refractivity contribution in [1.82, 2.24) is 5.32 Å². The van der Waals surface area contributed by atoms with Crippen LogP contribution in [0.1, 0.15) is 32.3 Å². The van der Waals surface area contributed by atoms with Crippen LogP contribution >= 0.6 is 15.9 Å². The number of carbonyl (C=O) groups excluding carboxylic acids is 1. The van der Waals surface area contributed by atoms with Crippen LogP contribution in [0.25, 0.3) is 0 Å². The molecule has 0 saturated heterocycles. The standard InChI is InChI=1S/C19H22BrNO6/c1-19(2,3)27-18(24)21-16(17(22)23)10-14-8-9-15(26-14)11-25-13-6-4-12(20)5-7-13/h4-9,16H,10-11H2,1-3H3,(H,21,24)(H,22,23). The third-order valence-electron chi connectivity index (χ3n) is 3.31. The molecule has 146 valence electrons. The fraction of sp³-hybridized carbons (Fsp3) is 0.368. The van der Waals surface area contributed by atoms with Gasteiger partial charge in [0.15, 0.2) is 0 Å². The minimum absolute atomic E-state index is 0.00708. The van der Waals surface area contributed by atoms with E-state index in [0.717, 1.165) is 4.47 Å². The molecule has 8 heteroatoms. The van der Waals surface area contributed by atoms with Crippen LogP contribution in [0.5, 0.6) is 5.75 Å². The molecule has 1 amide bonds. The molecular formula is C19H22BrNO6. The van der Waals surface area contributed by atoms with Gasteiger partial charge in [-0.3, -0.25) is 0 Å². The minimum Gasteiger partial charge on any atom is -0.486 e. The van der Waals surface area contributed by atoms with E-state index in [1.54, 1.807) is 32.9 Å². The second-order valence-electron chi connectivity index (χ2n) is 6.85. The van der Waals surface area contributed by atoms with Crippen LogP contribution in [0.15, 0.2) is 45.3 Å². The first-order valence-electron chi connectivity index (χ1n) is 8.30. The van der Waals surface area contributed by atoms with Crippen LogP contribution in [0, 0.1) is 0 Å². The van der Waals surface area contributed by atoms with Gasteiger partial charge in [0.05, 0.1) is 0 Å². The molecule has 1 atom stereocenters. The lowest BCUT2D eigenvalue weighted by molar-refractivity contribution is -0.139. The van der Waals surface area contributed by atoms with E-state index in [1.165, 1.54) is 0 Å². The zero-order chi connectivity index (χ0) is 20.0. The van der Waals surface area contributed by atoms with Crippen molar-refractivity contribution in [3.05, 3.63) is 52.4 Å². The molecule has 0 bridgehead atoms. The van der Waals surface area contributed by atoms with E-state index in [4.69, 9.17) is 13.9 Å². The molecule has 2 rings (SSSR count). The number of carbonyl (C=O) groups is 2. The molecule has 1 unspecified atom stereocenters. The predicted molar refractivity (Wildman–Crippen MR) is 102 cm³/mol. The number of carboxylic acid groups (broad SMARTS) is 1. The molecular weight excluding hydrogens is 418 g/mol. The van der Waals surface area contributed by atoms with Gasteiger partial charge in [0.1, 0.15) is 35.5 Å². The van der Waals surface area contributed by atoms with Gasteiger partial charge < -0.3 is 24.3 Å². The average Bonchev–Trinajstić information content (AvgIpc) is 2.99.